The fourth-order valence-electron chi connectivity index (χ4n) is 2.66. The summed E-state index contributed by atoms with van der Waals surface area (Å²) in [5.41, 5.74) is 3.70. The van der Waals surface area contributed by atoms with Crippen LogP contribution in [0.4, 0.5) is 0 Å². The molecule has 1 aliphatic heterocycles. The first-order chi connectivity index (χ1) is 9.38. The Labute approximate surface area is 114 Å². The molecule has 2 aromatic carbocycles. The van der Waals surface area contributed by atoms with E-state index in [-0.39, 0.29) is 6.04 Å². The number of hydrogen-bond acceptors (Lipinski definition) is 1. The first-order valence-corrected chi connectivity index (χ1v) is 6.68. The normalized spacial score (nSPS) is 22.0. The predicted octanol–water partition coefficient (Wildman–Crippen LogP) is 4.42. The van der Waals surface area contributed by atoms with Crippen LogP contribution in [0.5, 0.6) is 0 Å². The Morgan fingerprint density at radius 1 is 0.947 bits per heavy atom. The van der Waals surface area contributed by atoms with Gasteiger partial charge in [0.05, 0.1) is 6.04 Å². The van der Waals surface area contributed by atoms with Gasteiger partial charge in [0.15, 0.2) is 0 Å². The van der Waals surface area contributed by atoms with Crippen LogP contribution in [0.3, 0.4) is 0 Å². The van der Waals surface area contributed by atoms with Crippen molar-refractivity contribution in [2.45, 2.75) is 12.5 Å². The van der Waals surface area contributed by atoms with E-state index in [1.165, 1.54) is 16.8 Å². The molecule has 0 fully saturated rings. The fraction of sp³-hybridized carbons (Fsp3) is 0.167. The Balaban J connectivity index is 1.96. The zero-order valence-corrected chi connectivity index (χ0v) is 10.9. The molecular formula is C18H17N. The van der Waals surface area contributed by atoms with E-state index in [9.17, 15) is 0 Å². The van der Waals surface area contributed by atoms with Crippen molar-refractivity contribution in [2.75, 3.05) is 0 Å². The molecule has 0 radical (unpaired) electrons. The third kappa shape index (κ3) is 2.37. The van der Waals surface area contributed by atoms with Gasteiger partial charge in [-0.05, 0) is 17.5 Å². The average molecular weight is 247 g/mol. The molecule has 1 heteroatoms. The Bertz CT molecular complexity index is 584. The van der Waals surface area contributed by atoms with Crippen molar-refractivity contribution in [3.8, 4) is 0 Å². The molecule has 2 unspecified atom stereocenters. The number of hydrogen-bond donors (Lipinski definition) is 0. The molecule has 0 saturated heterocycles. The van der Waals surface area contributed by atoms with Crippen LogP contribution in [0.2, 0.25) is 0 Å². The average Bonchev–Trinajstić information content (AvgIpc) is 2.93. The second-order valence-corrected chi connectivity index (χ2v) is 4.90. The van der Waals surface area contributed by atoms with Gasteiger partial charge in [-0.15, -0.1) is 6.58 Å². The fourth-order valence-corrected chi connectivity index (χ4v) is 2.66. The minimum atomic E-state index is 0.217. The van der Waals surface area contributed by atoms with E-state index >= 15 is 0 Å². The van der Waals surface area contributed by atoms with Crippen LogP contribution in [-0.4, -0.2) is 5.71 Å². The summed E-state index contributed by atoms with van der Waals surface area (Å²) in [6.45, 7) is 3.97. The van der Waals surface area contributed by atoms with E-state index in [0.717, 1.165) is 6.42 Å². The number of aliphatic imine (C=N–C) groups is 1. The molecule has 1 heterocycles. The van der Waals surface area contributed by atoms with Gasteiger partial charge in [-0.2, -0.15) is 0 Å². The Kier molecular flexibility index (Phi) is 3.28. The molecule has 1 aliphatic rings. The molecule has 3 rings (SSSR count). The van der Waals surface area contributed by atoms with Crippen LogP contribution in [0.25, 0.3) is 0 Å². The lowest BCUT2D eigenvalue weighted by molar-refractivity contribution is 0.583. The molecular weight excluding hydrogens is 230 g/mol. The van der Waals surface area contributed by atoms with Gasteiger partial charge >= 0.3 is 0 Å². The second kappa shape index (κ2) is 5.23. The molecule has 0 spiro atoms. The van der Waals surface area contributed by atoms with Gasteiger partial charge in [-0.1, -0.05) is 66.7 Å². The number of rotatable bonds is 3. The molecule has 94 valence electrons. The zero-order valence-electron chi connectivity index (χ0n) is 10.9. The van der Waals surface area contributed by atoms with Crippen LogP contribution >= 0.6 is 0 Å². The Morgan fingerprint density at radius 2 is 1.58 bits per heavy atom. The van der Waals surface area contributed by atoms with Gasteiger partial charge in [0.1, 0.15) is 0 Å². The van der Waals surface area contributed by atoms with Crippen LogP contribution in [0.1, 0.15) is 23.6 Å². The summed E-state index contributed by atoms with van der Waals surface area (Å²) in [7, 11) is 0. The summed E-state index contributed by atoms with van der Waals surface area (Å²) < 4.78 is 0. The van der Waals surface area contributed by atoms with E-state index in [4.69, 9.17) is 4.99 Å². The van der Waals surface area contributed by atoms with E-state index < -0.39 is 0 Å². The lowest BCUT2D eigenvalue weighted by Gasteiger charge is -2.13. The highest BCUT2D eigenvalue weighted by molar-refractivity contribution is 6.02. The summed E-state index contributed by atoms with van der Waals surface area (Å²) >= 11 is 0. The van der Waals surface area contributed by atoms with Gasteiger partial charge in [0, 0.05) is 11.6 Å². The smallest absolute Gasteiger partial charge is 0.0818 e. The van der Waals surface area contributed by atoms with Crippen molar-refractivity contribution in [1.29, 1.82) is 0 Å². The topological polar surface area (TPSA) is 12.4 Å². The first-order valence-electron chi connectivity index (χ1n) is 6.68. The molecule has 2 atom stereocenters. The summed E-state index contributed by atoms with van der Waals surface area (Å²) in [4.78, 5) is 4.93. The van der Waals surface area contributed by atoms with E-state index in [2.05, 4.69) is 55.1 Å². The highest BCUT2D eigenvalue weighted by Gasteiger charge is 2.28. The Morgan fingerprint density at radius 3 is 2.21 bits per heavy atom. The maximum atomic E-state index is 4.93. The quantitative estimate of drug-likeness (QED) is 0.712. The van der Waals surface area contributed by atoms with E-state index in [0.29, 0.717) is 5.92 Å². The highest BCUT2D eigenvalue weighted by atomic mass is 14.8. The van der Waals surface area contributed by atoms with Crippen molar-refractivity contribution in [2.24, 2.45) is 10.9 Å². The van der Waals surface area contributed by atoms with Gasteiger partial charge in [0.2, 0.25) is 0 Å². The van der Waals surface area contributed by atoms with Crippen molar-refractivity contribution in [3.63, 3.8) is 0 Å². The minimum absolute atomic E-state index is 0.217. The van der Waals surface area contributed by atoms with Crippen LogP contribution in [0.15, 0.2) is 78.3 Å². The molecule has 0 N–H and O–H groups in total. The Hall–Kier alpha value is -2.15. The third-order valence-corrected chi connectivity index (χ3v) is 3.68. The maximum absolute atomic E-state index is 4.93. The monoisotopic (exact) mass is 247 g/mol. The summed E-state index contributed by atoms with van der Waals surface area (Å²) in [5.74, 6) is 0.401. The molecule has 0 aliphatic carbocycles. The summed E-state index contributed by atoms with van der Waals surface area (Å²) in [6, 6.07) is 21.1. The number of benzene rings is 2. The lowest BCUT2D eigenvalue weighted by atomic mass is 9.92. The molecule has 0 saturated carbocycles. The molecule has 0 bridgehead atoms. The minimum Gasteiger partial charge on any atom is -0.280 e. The van der Waals surface area contributed by atoms with E-state index in [1.54, 1.807) is 0 Å². The lowest BCUT2D eigenvalue weighted by Crippen LogP contribution is -2.04. The standard InChI is InChI=1S/C18H17N/c1-2-14-13-17(15-9-5-3-6-10-15)19-18(14)16-11-7-4-8-12-16/h2-12,14,18H,1,13H2. The number of nitrogens with zero attached hydrogens (tertiary/aromatic N) is 1. The molecule has 0 aromatic heterocycles. The van der Waals surface area contributed by atoms with Gasteiger partial charge < -0.3 is 0 Å². The van der Waals surface area contributed by atoms with Gasteiger partial charge in [0.25, 0.3) is 0 Å². The highest BCUT2D eigenvalue weighted by Crippen LogP contribution is 2.36. The first kappa shape index (κ1) is 11.9. The van der Waals surface area contributed by atoms with Crippen molar-refractivity contribution < 1.29 is 0 Å². The van der Waals surface area contributed by atoms with Crippen LogP contribution < -0.4 is 0 Å². The zero-order chi connectivity index (χ0) is 13.1. The van der Waals surface area contributed by atoms with Crippen LogP contribution in [0, 0.1) is 5.92 Å². The molecule has 2 aromatic rings. The van der Waals surface area contributed by atoms with Crippen molar-refractivity contribution in [1.82, 2.24) is 0 Å². The second-order valence-electron chi connectivity index (χ2n) is 4.90. The summed E-state index contributed by atoms with van der Waals surface area (Å²) in [5, 5.41) is 0. The van der Waals surface area contributed by atoms with Gasteiger partial charge in [-0.3, -0.25) is 4.99 Å². The largest absolute Gasteiger partial charge is 0.280 e. The SMILES string of the molecule is C=CC1CC(c2ccccc2)=NC1c1ccccc1. The van der Waals surface area contributed by atoms with Crippen molar-refractivity contribution >= 4 is 5.71 Å². The van der Waals surface area contributed by atoms with Crippen LogP contribution in [-0.2, 0) is 0 Å². The molecule has 1 nitrogen and oxygen atoms in total. The molecule has 0 amide bonds. The van der Waals surface area contributed by atoms with Gasteiger partial charge in [-0.25, -0.2) is 0 Å². The summed E-state index contributed by atoms with van der Waals surface area (Å²) in [6.07, 6.45) is 3.02. The van der Waals surface area contributed by atoms with E-state index in [1.807, 2.05) is 18.2 Å². The predicted molar refractivity (Wildman–Crippen MR) is 80.5 cm³/mol. The third-order valence-electron chi connectivity index (χ3n) is 3.68. The molecule has 19 heavy (non-hydrogen) atoms. The van der Waals surface area contributed by atoms with Crippen molar-refractivity contribution in [3.05, 3.63) is 84.4 Å². The maximum Gasteiger partial charge on any atom is 0.0818 e.